The van der Waals surface area contributed by atoms with Gasteiger partial charge in [0.15, 0.2) is 5.65 Å². The van der Waals surface area contributed by atoms with E-state index in [1.54, 1.807) is 4.68 Å². The van der Waals surface area contributed by atoms with Crippen molar-refractivity contribution < 1.29 is 0 Å². The van der Waals surface area contributed by atoms with Crippen LogP contribution in [0.15, 0.2) is 24.3 Å². The van der Waals surface area contributed by atoms with E-state index in [1.807, 2.05) is 45.2 Å². The summed E-state index contributed by atoms with van der Waals surface area (Å²) in [5.74, 6) is 2.38. The van der Waals surface area contributed by atoms with Crippen LogP contribution in [0.4, 0.5) is 5.82 Å². The van der Waals surface area contributed by atoms with E-state index >= 15 is 0 Å². The third-order valence-electron chi connectivity index (χ3n) is 4.14. The molecule has 2 N–H and O–H groups in total. The maximum absolute atomic E-state index is 4.66. The minimum absolute atomic E-state index is 0.0190. The van der Waals surface area contributed by atoms with Gasteiger partial charge in [-0.15, -0.1) is 0 Å². The lowest BCUT2D eigenvalue weighted by Gasteiger charge is -2.13. The number of benzene rings is 1. The molecule has 0 aliphatic heterocycles. The van der Waals surface area contributed by atoms with Crippen LogP contribution in [0.5, 0.6) is 0 Å². The van der Waals surface area contributed by atoms with Crippen LogP contribution in [0, 0.1) is 13.8 Å². The first-order valence-electron chi connectivity index (χ1n) is 7.92. The van der Waals surface area contributed by atoms with Gasteiger partial charge in [-0.1, -0.05) is 12.1 Å². The highest BCUT2D eigenvalue weighted by Crippen LogP contribution is 2.27. The molecule has 0 saturated carbocycles. The number of para-hydroxylation sites is 2. The first-order valence-corrected chi connectivity index (χ1v) is 7.92. The van der Waals surface area contributed by atoms with Crippen LogP contribution in [0.25, 0.3) is 22.1 Å². The van der Waals surface area contributed by atoms with Crippen molar-refractivity contribution in [1.82, 2.24) is 29.7 Å². The Labute approximate surface area is 139 Å². The normalized spacial score (nSPS) is 12.8. The lowest BCUT2D eigenvalue weighted by molar-refractivity contribution is 0.770. The Morgan fingerprint density at radius 1 is 1.12 bits per heavy atom. The van der Waals surface area contributed by atoms with Gasteiger partial charge in [-0.3, -0.25) is 4.68 Å². The van der Waals surface area contributed by atoms with Gasteiger partial charge in [0.05, 0.1) is 28.2 Å². The first-order chi connectivity index (χ1) is 11.5. The smallest absolute Gasteiger partial charge is 0.163 e. The molecule has 0 aliphatic carbocycles. The minimum atomic E-state index is -0.0190. The highest BCUT2D eigenvalue weighted by atomic mass is 15.3. The predicted molar refractivity (Wildman–Crippen MR) is 93.9 cm³/mol. The van der Waals surface area contributed by atoms with Gasteiger partial charge in [0, 0.05) is 7.05 Å². The number of fused-ring (bicyclic) bond motifs is 2. The van der Waals surface area contributed by atoms with Gasteiger partial charge in [0.2, 0.25) is 0 Å². The van der Waals surface area contributed by atoms with E-state index in [-0.39, 0.29) is 6.04 Å². The van der Waals surface area contributed by atoms with Crippen molar-refractivity contribution in [3.05, 3.63) is 41.6 Å². The third-order valence-corrected chi connectivity index (χ3v) is 4.14. The molecule has 24 heavy (non-hydrogen) atoms. The first kappa shape index (κ1) is 14.6. The van der Waals surface area contributed by atoms with Crippen LogP contribution in [0.1, 0.15) is 30.3 Å². The second kappa shape index (κ2) is 5.30. The van der Waals surface area contributed by atoms with Crippen LogP contribution in [-0.2, 0) is 7.05 Å². The summed E-state index contributed by atoms with van der Waals surface area (Å²) in [6.07, 6.45) is 0. The quantitative estimate of drug-likeness (QED) is 0.606. The molecule has 0 fully saturated rings. The summed E-state index contributed by atoms with van der Waals surface area (Å²) in [4.78, 5) is 17.1. The molecule has 7 nitrogen and oxygen atoms in total. The number of hydrogen-bond acceptors (Lipinski definition) is 5. The van der Waals surface area contributed by atoms with Crippen molar-refractivity contribution in [2.45, 2.75) is 26.8 Å². The van der Waals surface area contributed by atoms with Crippen LogP contribution in [0.3, 0.4) is 0 Å². The monoisotopic (exact) mass is 321 g/mol. The van der Waals surface area contributed by atoms with Gasteiger partial charge in [-0.2, -0.15) is 5.10 Å². The van der Waals surface area contributed by atoms with E-state index in [9.17, 15) is 0 Å². The molecule has 0 aliphatic rings. The summed E-state index contributed by atoms with van der Waals surface area (Å²) in [7, 11) is 1.90. The molecule has 0 saturated heterocycles. The zero-order chi connectivity index (χ0) is 16.8. The lowest BCUT2D eigenvalue weighted by atomic mass is 10.2. The fraction of sp³-hybridized carbons (Fsp3) is 0.294. The molecule has 0 radical (unpaired) electrons. The molecule has 4 rings (SSSR count). The minimum Gasteiger partial charge on any atom is -0.360 e. The van der Waals surface area contributed by atoms with Crippen molar-refractivity contribution in [1.29, 1.82) is 0 Å². The van der Waals surface area contributed by atoms with Gasteiger partial charge in [-0.25, -0.2) is 15.0 Å². The zero-order valence-electron chi connectivity index (χ0n) is 14.1. The van der Waals surface area contributed by atoms with Crippen molar-refractivity contribution in [2.24, 2.45) is 7.05 Å². The molecule has 0 amide bonds. The molecule has 3 aromatic heterocycles. The van der Waals surface area contributed by atoms with Crippen molar-refractivity contribution in [2.75, 3.05) is 5.32 Å². The number of hydrogen-bond donors (Lipinski definition) is 2. The number of anilines is 1. The zero-order valence-corrected chi connectivity index (χ0v) is 14.1. The van der Waals surface area contributed by atoms with Crippen LogP contribution in [0.2, 0.25) is 0 Å². The highest BCUT2D eigenvalue weighted by molar-refractivity contribution is 5.89. The Morgan fingerprint density at radius 3 is 2.71 bits per heavy atom. The summed E-state index contributed by atoms with van der Waals surface area (Å²) in [5.41, 5.74) is 3.73. The Kier molecular flexibility index (Phi) is 3.23. The van der Waals surface area contributed by atoms with Gasteiger partial charge in [0.25, 0.3) is 0 Å². The molecule has 3 heterocycles. The molecule has 0 bridgehead atoms. The number of nitrogens with one attached hydrogen (secondary N) is 2. The van der Waals surface area contributed by atoms with E-state index in [1.165, 1.54) is 0 Å². The highest BCUT2D eigenvalue weighted by Gasteiger charge is 2.17. The largest absolute Gasteiger partial charge is 0.360 e. The Bertz CT molecular complexity index is 1010. The summed E-state index contributed by atoms with van der Waals surface area (Å²) in [6.45, 7) is 5.92. The van der Waals surface area contributed by atoms with Gasteiger partial charge < -0.3 is 10.3 Å². The molecule has 1 aromatic carbocycles. The summed E-state index contributed by atoms with van der Waals surface area (Å²) in [5, 5.41) is 8.87. The van der Waals surface area contributed by atoms with E-state index in [0.29, 0.717) is 5.82 Å². The molecule has 1 unspecified atom stereocenters. The predicted octanol–water partition coefficient (Wildman–Crippen LogP) is 3.03. The lowest BCUT2D eigenvalue weighted by Crippen LogP contribution is -2.11. The number of aromatic amines is 1. The Balaban J connectivity index is 1.75. The van der Waals surface area contributed by atoms with Gasteiger partial charge in [-0.05, 0) is 32.9 Å². The standard InChI is InChI=1S/C17H19N7/c1-9-14-16(19-11(3)20-17(14)24(4)23-9)18-10(2)15-21-12-7-5-6-8-13(12)22-15/h5-8,10H,1-4H3,(H,21,22)(H,18,19,20). The van der Waals surface area contributed by atoms with Crippen molar-refractivity contribution in [3.63, 3.8) is 0 Å². The summed E-state index contributed by atoms with van der Waals surface area (Å²) in [6, 6.07) is 7.99. The number of H-pyrrole nitrogens is 1. The molecular formula is C17H19N7. The van der Waals surface area contributed by atoms with Crippen LogP contribution < -0.4 is 5.32 Å². The Hall–Kier alpha value is -2.96. The number of nitrogens with zero attached hydrogens (tertiary/aromatic N) is 5. The van der Waals surface area contributed by atoms with Gasteiger partial charge >= 0.3 is 0 Å². The maximum atomic E-state index is 4.66. The Morgan fingerprint density at radius 2 is 1.92 bits per heavy atom. The number of aryl methyl sites for hydroxylation is 3. The fourth-order valence-corrected chi connectivity index (χ4v) is 3.00. The molecular weight excluding hydrogens is 302 g/mol. The maximum Gasteiger partial charge on any atom is 0.163 e. The second-order valence-corrected chi connectivity index (χ2v) is 6.03. The second-order valence-electron chi connectivity index (χ2n) is 6.03. The molecule has 7 heteroatoms. The van der Waals surface area contributed by atoms with Gasteiger partial charge in [0.1, 0.15) is 17.5 Å². The van der Waals surface area contributed by atoms with Crippen LogP contribution >= 0.6 is 0 Å². The van der Waals surface area contributed by atoms with Crippen molar-refractivity contribution in [3.8, 4) is 0 Å². The summed E-state index contributed by atoms with van der Waals surface area (Å²) >= 11 is 0. The number of aromatic nitrogens is 6. The number of rotatable bonds is 3. The van der Waals surface area contributed by atoms with Crippen LogP contribution in [-0.4, -0.2) is 29.7 Å². The average molecular weight is 321 g/mol. The van der Waals surface area contributed by atoms with E-state index in [0.717, 1.165) is 39.4 Å². The molecule has 122 valence electrons. The fourth-order valence-electron chi connectivity index (χ4n) is 3.00. The number of imidazole rings is 1. The van der Waals surface area contributed by atoms with E-state index in [2.05, 4.69) is 37.3 Å². The SMILES string of the molecule is Cc1nc(NC(C)c2nc3ccccc3[nH]2)c2c(C)nn(C)c2n1. The molecule has 4 aromatic rings. The topological polar surface area (TPSA) is 84.3 Å². The summed E-state index contributed by atoms with van der Waals surface area (Å²) < 4.78 is 1.79. The third kappa shape index (κ3) is 2.29. The molecule has 0 spiro atoms. The molecule has 1 atom stereocenters. The van der Waals surface area contributed by atoms with E-state index < -0.39 is 0 Å². The van der Waals surface area contributed by atoms with Crippen molar-refractivity contribution >= 4 is 27.9 Å². The van der Waals surface area contributed by atoms with E-state index in [4.69, 9.17) is 0 Å². The average Bonchev–Trinajstić information content (AvgIpc) is 3.09.